The lowest BCUT2D eigenvalue weighted by Gasteiger charge is -2.22. The van der Waals surface area contributed by atoms with Crippen molar-refractivity contribution in [2.75, 3.05) is 5.01 Å². The number of rotatable bonds is 6. The quantitative estimate of drug-likeness (QED) is 0.733. The summed E-state index contributed by atoms with van der Waals surface area (Å²) in [6.45, 7) is 2.62. The first-order chi connectivity index (χ1) is 12.2. The molecule has 0 spiro atoms. The van der Waals surface area contributed by atoms with Crippen LogP contribution in [-0.2, 0) is 27.5 Å². The molecule has 0 saturated carbocycles. The van der Waals surface area contributed by atoms with Crippen molar-refractivity contribution < 1.29 is 14.3 Å². The highest BCUT2D eigenvalue weighted by molar-refractivity contribution is 6.37. The number of nitrogens with zero attached hydrogens (tertiary/aromatic N) is 6. The molecule has 130 valence electrons. The Hall–Kier alpha value is -3.10. The second-order valence-electron chi connectivity index (χ2n) is 5.48. The Labute approximate surface area is 144 Å². The molecule has 25 heavy (non-hydrogen) atoms. The van der Waals surface area contributed by atoms with Gasteiger partial charge in [-0.05, 0) is 29.0 Å². The summed E-state index contributed by atoms with van der Waals surface area (Å²) in [5.74, 6) is -0.253. The van der Waals surface area contributed by atoms with Crippen LogP contribution in [0.15, 0.2) is 35.4 Å². The Morgan fingerprint density at radius 1 is 1.24 bits per heavy atom. The van der Waals surface area contributed by atoms with E-state index in [4.69, 9.17) is 4.74 Å². The van der Waals surface area contributed by atoms with Gasteiger partial charge in [-0.15, -0.1) is 5.10 Å². The van der Waals surface area contributed by atoms with Gasteiger partial charge in [-0.25, -0.2) is 14.5 Å². The van der Waals surface area contributed by atoms with E-state index in [9.17, 15) is 9.59 Å². The summed E-state index contributed by atoms with van der Waals surface area (Å²) < 4.78 is 6.85. The second-order valence-corrected chi connectivity index (χ2v) is 5.48. The Kier molecular flexibility index (Phi) is 5.12. The molecule has 0 N–H and O–H groups in total. The Balaban J connectivity index is 1.69. The van der Waals surface area contributed by atoms with Gasteiger partial charge < -0.3 is 4.74 Å². The van der Waals surface area contributed by atoms with Crippen LogP contribution in [0.25, 0.3) is 0 Å². The van der Waals surface area contributed by atoms with Crippen molar-refractivity contribution in [3.63, 3.8) is 0 Å². The van der Waals surface area contributed by atoms with Crippen LogP contribution >= 0.6 is 0 Å². The number of aryl methyl sites for hydroxylation is 1. The van der Waals surface area contributed by atoms with Gasteiger partial charge in [0, 0.05) is 19.4 Å². The molecule has 0 atom stereocenters. The molecule has 1 amide bonds. The number of carbonyl (C=O) groups excluding carboxylic acids is 2. The number of hydrazone groups is 1. The van der Waals surface area contributed by atoms with Gasteiger partial charge in [-0.1, -0.05) is 25.1 Å². The van der Waals surface area contributed by atoms with Crippen LogP contribution in [0.5, 0.6) is 0 Å². The van der Waals surface area contributed by atoms with E-state index in [0.717, 1.165) is 6.42 Å². The number of anilines is 1. The molecule has 1 aliphatic heterocycles. The third-order valence-corrected chi connectivity index (χ3v) is 3.64. The van der Waals surface area contributed by atoms with Gasteiger partial charge in [-0.3, -0.25) is 4.79 Å². The normalized spacial score (nSPS) is 14.4. The molecule has 0 radical (unpaired) electrons. The molecule has 0 aliphatic carbocycles. The monoisotopic (exact) mass is 342 g/mol. The minimum absolute atomic E-state index is 0.0376. The zero-order valence-electron chi connectivity index (χ0n) is 13.8. The average molecular weight is 342 g/mol. The van der Waals surface area contributed by atoms with Crippen LogP contribution in [0.2, 0.25) is 0 Å². The number of ether oxygens (including phenoxy) is 1. The van der Waals surface area contributed by atoms with E-state index in [-0.39, 0.29) is 31.1 Å². The van der Waals surface area contributed by atoms with Crippen LogP contribution in [0.1, 0.15) is 32.0 Å². The number of amides is 1. The van der Waals surface area contributed by atoms with E-state index < -0.39 is 5.97 Å². The first-order valence-electron chi connectivity index (χ1n) is 8.06. The molecule has 1 aromatic carbocycles. The van der Waals surface area contributed by atoms with E-state index in [1.807, 2.05) is 13.0 Å². The average Bonchev–Trinajstić information content (AvgIpc) is 3.08. The summed E-state index contributed by atoms with van der Waals surface area (Å²) in [6.07, 6.45) is 1.32. The minimum Gasteiger partial charge on any atom is -0.453 e. The Morgan fingerprint density at radius 3 is 2.80 bits per heavy atom. The lowest BCUT2D eigenvalue weighted by molar-refractivity contribution is -0.137. The van der Waals surface area contributed by atoms with Gasteiger partial charge in [0.1, 0.15) is 5.71 Å². The van der Waals surface area contributed by atoms with E-state index in [1.54, 1.807) is 28.9 Å². The number of benzene rings is 1. The largest absolute Gasteiger partial charge is 0.453 e. The molecule has 0 saturated heterocycles. The number of carbonyl (C=O) groups is 2. The van der Waals surface area contributed by atoms with Crippen molar-refractivity contribution in [3.05, 3.63) is 36.2 Å². The van der Waals surface area contributed by atoms with E-state index in [0.29, 0.717) is 18.1 Å². The van der Waals surface area contributed by atoms with Gasteiger partial charge in [0.05, 0.1) is 5.69 Å². The van der Waals surface area contributed by atoms with Gasteiger partial charge in [-0.2, -0.15) is 5.10 Å². The first kappa shape index (κ1) is 16.7. The summed E-state index contributed by atoms with van der Waals surface area (Å²) in [7, 11) is 0. The predicted octanol–water partition coefficient (Wildman–Crippen LogP) is 1.31. The van der Waals surface area contributed by atoms with E-state index >= 15 is 0 Å². The van der Waals surface area contributed by atoms with Crippen molar-refractivity contribution in [1.29, 1.82) is 0 Å². The van der Waals surface area contributed by atoms with Crippen molar-refractivity contribution in [2.45, 2.75) is 39.3 Å². The number of esters is 1. The lowest BCUT2D eigenvalue weighted by Crippen LogP contribution is -2.35. The SMILES string of the molecule is CCCn1nnnc1COC(=O)C1=NN(c2ccccc2)C(=O)CC1. The number of tetrazole rings is 1. The topological polar surface area (TPSA) is 103 Å². The number of hydrogen-bond donors (Lipinski definition) is 0. The lowest BCUT2D eigenvalue weighted by atomic mass is 10.1. The summed E-state index contributed by atoms with van der Waals surface area (Å²) in [5.41, 5.74) is 0.822. The summed E-state index contributed by atoms with van der Waals surface area (Å²) in [4.78, 5) is 24.3. The Morgan fingerprint density at radius 2 is 2.04 bits per heavy atom. The molecule has 0 unspecified atom stereocenters. The zero-order valence-corrected chi connectivity index (χ0v) is 13.8. The molecular formula is C16H18N6O3. The van der Waals surface area contributed by atoms with Gasteiger partial charge in [0.15, 0.2) is 12.4 Å². The van der Waals surface area contributed by atoms with Gasteiger partial charge >= 0.3 is 5.97 Å². The molecule has 1 aliphatic rings. The third kappa shape index (κ3) is 3.87. The van der Waals surface area contributed by atoms with Gasteiger partial charge in [0.25, 0.3) is 0 Å². The maximum absolute atomic E-state index is 12.3. The fourth-order valence-electron chi connectivity index (χ4n) is 2.40. The first-order valence-corrected chi connectivity index (χ1v) is 8.06. The molecule has 0 bridgehead atoms. The van der Waals surface area contributed by atoms with E-state index in [2.05, 4.69) is 20.6 Å². The van der Waals surface area contributed by atoms with Crippen LogP contribution in [0, 0.1) is 0 Å². The molecule has 0 fully saturated rings. The summed E-state index contributed by atoms with van der Waals surface area (Å²) in [5, 5.41) is 16.7. The Bertz CT molecular complexity index is 786. The van der Waals surface area contributed by atoms with Crippen LogP contribution in [0.4, 0.5) is 5.69 Å². The number of para-hydroxylation sites is 1. The molecule has 2 heterocycles. The molecule has 1 aromatic heterocycles. The number of aromatic nitrogens is 4. The van der Waals surface area contributed by atoms with Crippen molar-refractivity contribution in [2.24, 2.45) is 5.10 Å². The third-order valence-electron chi connectivity index (χ3n) is 3.64. The van der Waals surface area contributed by atoms with Crippen LogP contribution < -0.4 is 5.01 Å². The number of hydrogen-bond acceptors (Lipinski definition) is 7. The summed E-state index contributed by atoms with van der Waals surface area (Å²) >= 11 is 0. The zero-order chi connectivity index (χ0) is 17.6. The van der Waals surface area contributed by atoms with Crippen molar-refractivity contribution >= 4 is 23.3 Å². The second kappa shape index (κ2) is 7.65. The van der Waals surface area contributed by atoms with Crippen LogP contribution in [-0.4, -0.2) is 37.8 Å². The molecular weight excluding hydrogens is 324 g/mol. The van der Waals surface area contributed by atoms with Crippen LogP contribution in [0.3, 0.4) is 0 Å². The fourth-order valence-corrected chi connectivity index (χ4v) is 2.40. The van der Waals surface area contributed by atoms with E-state index in [1.165, 1.54) is 5.01 Å². The maximum Gasteiger partial charge on any atom is 0.354 e. The highest BCUT2D eigenvalue weighted by atomic mass is 16.5. The standard InChI is InChI=1S/C16H18N6O3/c1-2-10-21-14(17-19-20-21)11-25-16(24)13-8-9-15(23)22(18-13)12-6-4-3-5-7-12/h3-7H,2,8-11H2,1H3. The minimum atomic E-state index is -0.570. The predicted molar refractivity (Wildman–Crippen MR) is 88.5 cm³/mol. The molecule has 2 aromatic rings. The highest BCUT2D eigenvalue weighted by Crippen LogP contribution is 2.20. The smallest absolute Gasteiger partial charge is 0.354 e. The maximum atomic E-state index is 12.3. The van der Waals surface area contributed by atoms with Gasteiger partial charge in [0.2, 0.25) is 5.91 Å². The fraction of sp³-hybridized carbons (Fsp3) is 0.375. The molecule has 9 heteroatoms. The summed E-state index contributed by atoms with van der Waals surface area (Å²) in [6, 6.07) is 8.97. The highest BCUT2D eigenvalue weighted by Gasteiger charge is 2.26. The molecule has 9 nitrogen and oxygen atoms in total. The van der Waals surface area contributed by atoms with Crippen molar-refractivity contribution in [3.8, 4) is 0 Å². The van der Waals surface area contributed by atoms with Crippen molar-refractivity contribution in [1.82, 2.24) is 20.2 Å². The molecule has 3 rings (SSSR count).